The number of hydrogen-bond donors (Lipinski definition) is 0. The molecular formula is C13H13NO2S. The second kappa shape index (κ2) is 5.10. The molecule has 2 aromatic rings. The van der Waals surface area contributed by atoms with Gasteiger partial charge in [-0.05, 0) is 23.8 Å². The highest BCUT2D eigenvalue weighted by Gasteiger charge is 2.16. The molecule has 0 spiro atoms. The Morgan fingerprint density at radius 3 is 2.41 bits per heavy atom. The Hall–Kier alpha value is -1.68. The summed E-state index contributed by atoms with van der Waals surface area (Å²) in [5, 5.41) is 0. The van der Waals surface area contributed by atoms with Gasteiger partial charge in [-0.3, -0.25) is 4.21 Å². The molecule has 88 valence electrons. The summed E-state index contributed by atoms with van der Waals surface area (Å²) in [6.07, 6.45) is 6.14. The van der Waals surface area contributed by atoms with Crippen LogP contribution in [0.3, 0.4) is 0 Å². The summed E-state index contributed by atoms with van der Waals surface area (Å²) in [6, 6.07) is 10.6. The van der Waals surface area contributed by atoms with E-state index in [4.69, 9.17) is 0 Å². The number of nitrogens with zero attached hydrogens (tertiary/aromatic N) is 1. The first kappa shape index (κ1) is 11.8. The zero-order valence-corrected chi connectivity index (χ0v) is 10.3. The molecule has 2 rings (SSSR count). The highest BCUT2D eigenvalue weighted by molar-refractivity contribution is 7.84. The number of hydrogen-bond acceptors (Lipinski definition) is 2. The van der Waals surface area contributed by atoms with Crippen molar-refractivity contribution in [3.8, 4) is 0 Å². The lowest BCUT2D eigenvalue weighted by molar-refractivity contribution is -0.109. The molecule has 0 bridgehead atoms. The van der Waals surface area contributed by atoms with Crippen LogP contribution in [0.25, 0.3) is 0 Å². The van der Waals surface area contributed by atoms with Crippen molar-refractivity contribution >= 4 is 17.1 Å². The van der Waals surface area contributed by atoms with Gasteiger partial charge in [-0.15, -0.1) is 0 Å². The van der Waals surface area contributed by atoms with E-state index >= 15 is 0 Å². The zero-order valence-electron chi connectivity index (χ0n) is 9.45. The maximum atomic E-state index is 11.6. The molecule has 4 heteroatoms. The predicted octanol–water partition coefficient (Wildman–Crippen LogP) is 2.01. The number of carbonyl (C=O) groups is 1. The molecule has 1 heterocycles. The Kier molecular flexibility index (Phi) is 3.54. The minimum atomic E-state index is -1.10. The van der Waals surface area contributed by atoms with Crippen molar-refractivity contribution < 1.29 is 9.00 Å². The molecule has 0 fully saturated rings. The maximum absolute atomic E-state index is 11.6. The first-order chi connectivity index (χ1) is 8.24. The summed E-state index contributed by atoms with van der Waals surface area (Å²) in [7, 11) is -1.10. The first-order valence-corrected chi connectivity index (χ1v) is 6.80. The van der Waals surface area contributed by atoms with Crippen LogP contribution >= 0.6 is 0 Å². The molecule has 0 aliphatic carbocycles. The molecule has 0 N–H and O–H groups in total. The van der Waals surface area contributed by atoms with E-state index in [1.54, 1.807) is 16.9 Å². The molecule has 0 aliphatic heterocycles. The molecule has 1 aromatic carbocycles. The van der Waals surface area contributed by atoms with Crippen molar-refractivity contribution in [2.75, 3.05) is 6.26 Å². The third-order valence-corrected chi connectivity index (χ3v) is 3.62. The summed E-state index contributed by atoms with van der Waals surface area (Å²) in [5.41, 5.74) is 0.791. The summed E-state index contributed by atoms with van der Waals surface area (Å²) >= 11 is 0. The van der Waals surface area contributed by atoms with Crippen LogP contribution in [0.1, 0.15) is 11.6 Å². The first-order valence-electron chi connectivity index (χ1n) is 5.24. The third kappa shape index (κ3) is 2.36. The van der Waals surface area contributed by atoms with Gasteiger partial charge in [0.25, 0.3) is 0 Å². The van der Waals surface area contributed by atoms with Gasteiger partial charge in [0, 0.05) is 23.5 Å². The molecule has 0 aliphatic rings. The van der Waals surface area contributed by atoms with Gasteiger partial charge in [0.2, 0.25) is 0 Å². The van der Waals surface area contributed by atoms with E-state index in [-0.39, 0.29) is 0 Å². The fourth-order valence-electron chi connectivity index (χ4n) is 1.82. The number of benzene rings is 1. The van der Waals surface area contributed by atoms with Crippen molar-refractivity contribution in [3.05, 3.63) is 54.4 Å². The number of aromatic nitrogens is 1. The second-order valence-corrected chi connectivity index (χ2v) is 5.05. The van der Waals surface area contributed by atoms with Gasteiger partial charge in [0.15, 0.2) is 0 Å². The van der Waals surface area contributed by atoms with Crippen LogP contribution in [0, 0.1) is 0 Å². The van der Waals surface area contributed by atoms with Crippen LogP contribution in [0.4, 0.5) is 0 Å². The van der Waals surface area contributed by atoms with Gasteiger partial charge in [0.05, 0.1) is 10.8 Å². The van der Waals surface area contributed by atoms with Crippen molar-refractivity contribution in [1.82, 2.24) is 4.57 Å². The summed E-state index contributed by atoms with van der Waals surface area (Å²) in [5.74, 6) is 0. The van der Waals surface area contributed by atoms with Crippen molar-refractivity contribution in [2.24, 2.45) is 0 Å². The lowest BCUT2D eigenvalue weighted by Crippen LogP contribution is -2.12. The minimum Gasteiger partial charge on any atom is -0.340 e. The molecule has 2 atom stereocenters. The fourth-order valence-corrected chi connectivity index (χ4v) is 2.62. The van der Waals surface area contributed by atoms with E-state index < -0.39 is 16.8 Å². The quantitative estimate of drug-likeness (QED) is 0.775. The van der Waals surface area contributed by atoms with Crippen LogP contribution in [0.2, 0.25) is 0 Å². The standard InChI is InChI=1S/C13H13NO2S/c1-17(16)13-7-3-2-6-11(13)12(10-15)14-8-4-5-9-14/h2-10,12H,1H3. The topological polar surface area (TPSA) is 39.1 Å². The van der Waals surface area contributed by atoms with Crippen LogP contribution in [0.5, 0.6) is 0 Å². The molecular weight excluding hydrogens is 234 g/mol. The Bertz CT molecular complexity index is 534. The molecule has 0 saturated heterocycles. The average Bonchev–Trinajstić information content (AvgIpc) is 2.84. The lowest BCUT2D eigenvalue weighted by Gasteiger charge is -2.15. The van der Waals surface area contributed by atoms with E-state index in [1.807, 2.05) is 42.7 Å². The number of rotatable bonds is 4. The van der Waals surface area contributed by atoms with Crippen molar-refractivity contribution in [2.45, 2.75) is 10.9 Å². The van der Waals surface area contributed by atoms with Gasteiger partial charge in [-0.25, -0.2) is 0 Å². The number of aldehydes is 1. The van der Waals surface area contributed by atoms with Gasteiger partial charge in [-0.1, -0.05) is 18.2 Å². The Morgan fingerprint density at radius 2 is 1.82 bits per heavy atom. The van der Waals surface area contributed by atoms with Gasteiger partial charge < -0.3 is 9.36 Å². The lowest BCUT2D eigenvalue weighted by atomic mass is 10.1. The summed E-state index contributed by atoms with van der Waals surface area (Å²) in [4.78, 5) is 12.0. The molecule has 0 radical (unpaired) electrons. The molecule has 3 nitrogen and oxygen atoms in total. The Morgan fingerprint density at radius 1 is 1.18 bits per heavy atom. The fraction of sp³-hybridized carbons (Fsp3) is 0.154. The van der Waals surface area contributed by atoms with E-state index in [1.165, 1.54) is 0 Å². The van der Waals surface area contributed by atoms with Gasteiger partial charge in [-0.2, -0.15) is 0 Å². The molecule has 0 saturated carbocycles. The second-order valence-electron chi connectivity index (χ2n) is 3.70. The van der Waals surface area contributed by atoms with Gasteiger partial charge >= 0.3 is 0 Å². The highest BCUT2D eigenvalue weighted by atomic mass is 32.2. The van der Waals surface area contributed by atoms with Crippen molar-refractivity contribution in [3.63, 3.8) is 0 Å². The van der Waals surface area contributed by atoms with E-state index in [9.17, 15) is 9.00 Å². The molecule has 17 heavy (non-hydrogen) atoms. The SMILES string of the molecule is CS(=O)c1ccccc1C(C=O)n1cccc1. The van der Waals surface area contributed by atoms with Crippen molar-refractivity contribution in [1.29, 1.82) is 0 Å². The smallest absolute Gasteiger partial charge is 0.147 e. The van der Waals surface area contributed by atoms with Crippen LogP contribution in [-0.4, -0.2) is 21.3 Å². The van der Waals surface area contributed by atoms with Gasteiger partial charge in [0.1, 0.15) is 12.3 Å². The molecule has 2 unspecified atom stereocenters. The van der Waals surface area contributed by atoms with E-state index in [0.717, 1.165) is 11.8 Å². The van der Waals surface area contributed by atoms with E-state index in [0.29, 0.717) is 4.90 Å². The summed E-state index contributed by atoms with van der Waals surface area (Å²) in [6.45, 7) is 0. The number of carbonyl (C=O) groups excluding carboxylic acids is 1. The average molecular weight is 247 g/mol. The van der Waals surface area contributed by atoms with Crippen LogP contribution in [0.15, 0.2) is 53.7 Å². The van der Waals surface area contributed by atoms with E-state index in [2.05, 4.69) is 0 Å². The molecule has 1 aromatic heterocycles. The van der Waals surface area contributed by atoms with Crippen LogP contribution in [-0.2, 0) is 15.6 Å². The third-order valence-electron chi connectivity index (χ3n) is 2.62. The predicted molar refractivity (Wildman–Crippen MR) is 67.4 cm³/mol. The Labute approximate surface area is 103 Å². The normalized spacial score (nSPS) is 14.2. The highest BCUT2D eigenvalue weighted by Crippen LogP contribution is 2.22. The molecule has 0 amide bonds. The minimum absolute atomic E-state index is 0.412. The van der Waals surface area contributed by atoms with Crippen LogP contribution < -0.4 is 0 Å². The maximum Gasteiger partial charge on any atom is 0.147 e. The largest absolute Gasteiger partial charge is 0.340 e. The summed E-state index contributed by atoms with van der Waals surface area (Å²) < 4.78 is 13.4. The monoisotopic (exact) mass is 247 g/mol. The zero-order chi connectivity index (χ0) is 12.3. The Balaban J connectivity index is 2.51.